The molecule has 0 bridgehead atoms. The number of rotatable bonds is 22. The predicted molar refractivity (Wildman–Crippen MR) is 204 cm³/mol. The van der Waals surface area contributed by atoms with E-state index in [-0.39, 0.29) is 49.3 Å². The fraction of sp³-hybridized carbons (Fsp3) is 0.429. The average Bonchev–Trinajstić information content (AvgIpc) is 3.20. The highest BCUT2D eigenvalue weighted by atomic mass is 16.5. The van der Waals surface area contributed by atoms with E-state index in [1.165, 1.54) is 64.5 Å². The van der Waals surface area contributed by atoms with E-state index < -0.39 is 36.4 Å². The minimum Gasteiger partial charge on any atom is -0.493 e. The Bertz CT molecular complexity index is 1650. The molecule has 290 valence electrons. The van der Waals surface area contributed by atoms with Crippen molar-refractivity contribution in [3.63, 3.8) is 0 Å². The molecular formula is C42H53N3O9. The van der Waals surface area contributed by atoms with Crippen LogP contribution in [0.2, 0.25) is 0 Å². The maximum atomic E-state index is 14.0. The molecular weight excluding hydrogens is 690 g/mol. The number of benzene rings is 3. The molecule has 4 rings (SSSR count). The van der Waals surface area contributed by atoms with Crippen molar-refractivity contribution in [2.45, 2.75) is 70.1 Å². The molecule has 1 aliphatic carbocycles. The van der Waals surface area contributed by atoms with Crippen LogP contribution in [-0.2, 0) is 36.9 Å². The smallest absolute Gasteiger partial charge is 0.329 e. The third-order valence-corrected chi connectivity index (χ3v) is 9.15. The van der Waals surface area contributed by atoms with Gasteiger partial charge in [-0.15, -0.1) is 0 Å². The first-order valence-electron chi connectivity index (χ1n) is 18.5. The van der Waals surface area contributed by atoms with Crippen LogP contribution in [0.15, 0.2) is 85.5 Å². The number of ether oxygens (including phenoxy) is 5. The summed E-state index contributed by atoms with van der Waals surface area (Å²) in [5.74, 6) is -1.13. The molecule has 0 spiro atoms. The Balaban J connectivity index is 1.50. The van der Waals surface area contributed by atoms with Gasteiger partial charge in [-0.2, -0.15) is 0 Å². The van der Waals surface area contributed by atoms with Crippen molar-refractivity contribution in [2.24, 2.45) is 5.92 Å². The van der Waals surface area contributed by atoms with E-state index in [2.05, 4.69) is 22.5 Å². The van der Waals surface area contributed by atoms with Gasteiger partial charge in [-0.25, -0.2) is 4.79 Å². The fourth-order valence-corrected chi connectivity index (χ4v) is 6.30. The standard InChI is InChI=1S/C42H53N3O9/c1-4-22-52-40(47)25-35(42(49)54-28-32-18-12-7-13-19-32)45-41(48)34-24-37(50-2)38(51-3)26-36(34)53-29-33(23-31-16-10-6-11-17-31)44-39(46)27-43-21-20-30-14-8-5-9-15-30/h4,6-7,10-13,16-19,24,26,30,33,35,43H,1,5,8-9,14-15,20-23,25,27-29H2,2-3H3,(H,44,46)(H,45,48)/t33-,35+/m1/s1. The van der Waals surface area contributed by atoms with E-state index in [9.17, 15) is 19.2 Å². The van der Waals surface area contributed by atoms with Gasteiger partial charge in [0.2, 0.25) is 5.91 Å². The van der Waals surface area contributed by atoms with Crippen molar-refractivity contribution >= 4 is 23.8 Å². The zero-order chi connectivity index (χ0) is 38.5. The topological polar surface area (TPSA) is 151 Å². The molecule has 0 saturated heterocycles. The van der Waals surface area contributed by atoms with E-state index in [1.807, 2.05) is 36.4 Å². The number of hydrogen-bond donors (Lipinski definition) is 3. The number of nitrogens with one attached hydrogen (secondary N) is 3. The average molecular weight is 744 g/mol. The van der Waals surface area contributed by atoms with Crippen LogP contribution in [-0.4, -0.2) is 76.4 Å². The van der Waals surface area contributed by atoms with Crippen molar-refractivity contribution < 1.29 is 42.9 Å². The molecule has 3 aromatic rings. The molecule has 0 heterocycles. The van der Waals surface area contributed by atoms with Crippen molar-refractivity contribution in [1.29, 1.82) is 0 Å². The zero-order valence-corrected chi connectivity index (χ0v) is 31.3. The van der Waals surface area contributed by atoms with E-state index in [0.29, 0.717) is 18.1 Å². The lowest BCUT2D eigenvalue weighted by Gasteiger charge is -2.23. The van der Waals surface area contributed by atoms with E-state index in [0.717, 1.165) is 24.1 Å². The highest BCUT2D eigenvalue weighted by Gasteiger charge is 2.29. The molecule has 0 aromatic heterocycles. The summed E-state index contributed by atoms with van der Waals surface area (Å²) in [4.78, 5) is 53.0. The third kappa shape index (κ3) is 13.9. The molecule has 54 heavy (non-hydrogen) atoms. The third-order valence-electron chi connectivity index (χ3n) is 9.15. The Hall–Kier alpha value is -5.36. The van der Waals surface area contributed by atoms with Crippen LogP contribution in [0, 0.1) is 5.92 Å². The molecule has 0 radical (unpaired) electrons. The Morgan fingerprint density at radius 2 is 1.50 bits per heavy atom. The zero-order valence-electron chi connectivity index (χ0n) is 31.3. The van der Waals surface area contributed by atoms with Crippen molar-refractivity contribution in [1.82, 2.24) is 16.0 Å². The number of carbonyl (C=O) groups excluding carboxylic acids is 4. The lowest BCUT2D eigenvalue weighted by molar-refractivity contribution is -0.152. The lowest BCUT2D eigenvalue weighted by Crippen LogP contribution is -2.45. The van der Waals surface area contributed by atoms with Gasteiger partial charge in [-0.05, 0) is 36.4 Å². The molecule has 0 aliphatic heterocycles. The summed E-state index contributed by atoms with van der Waals surface area (Å²) < 4.78 is 27.8. The lowest BCUT2D eigenvalue weighted by atomic mass is 9.87. The minimum atomic E-state index is -1.39. The van der Waals surface area contributed by atoms with Crippen LogP contribution in [0.3, 0.4) is 0 Å². The fourth-order valence-electron chi connectivity index (χ4n) is 6.30. The highest BCUT2D eigenvalue weighted by Crippen LogP contribution is 2.35. The van der Waals surface area contributed by atoms with E-state index in [4.69, 9.17) is 23.7 Å². The molecule has 0 unspecified atom stereocenters. The molecule has 2 atom stereocenters. The maximum absolute atomic E-state index is 14.0. The summed E-state index contributed by atoms with van der Waals surface area (Å²) in [6.45, 7) is 4.34. The first-order valence-corrected chi connectivity index (χ1v) is 18.5. The quantitative estimate of drug-likeness (QED) is 0.0700. The number of methoxy groups -OCH3 is 2. The largest absolute Gasteiger partial charge is 0.493 e. The van der Waals surface area contributed by atoms with Gasteiger partial charge in [0, 0.05) is 12.1 Å². The number of esters is 2. The minimum absolute atomic E-state index is 0.00198. The summed E-state index contributed by atoms with van der Waals surface area (Å²) in [6, 6.07) is 19.8. The van der Waals surface area contributed by atoms with Crippen molar-refractivity contribution in [3.05, 3.63) is 102 Å². The van der Waals surface area contributed by atoms with Crippen LogP contribution in [0.5, 0.6) is 17.2 Å². The Morgan fingerprint density at radius 3 is 2.17 bits per heavy atom. The normalized spacial score (nSPS) is 13.8. The number of carbonyl (C=O) groups is 4. The second-order valence-corrected chi connectivity index (χ2v) is 13.2. The second-order valence-electron chi connectivity index (χ2n) is 13.2. The van der Waals surface area contributed by atoms with Gasteiger partial charge >= 0.3 is 11.9 Å². The second kappa shape index (κ2) is 22.7. The summed E-state index contributed by atoms with van der Waals surface area (Å²) in [6.07, 6.45) is 8.80. The summed E-state index contributed by atoms with van der Waals surface area (Å²) in [5.41, 5.74) is 1.72. The van der Waals surface area contributed by atoms with Crippen LogP contribution in [0.25, 0.3) is 0 Å². The monoisotopic (exact) mass is 743 g/mol. The van der Waals surface area contributed by atoms with Crippen LogP contribution in [0.1, 0.15) is 66.4 Å². The van der Waals surface area contributed by atoms with Crippen LogP contribution < -0.4 is 30.2 Å². The van der Waals surface area contributed by atoms with Gasteiger partial charge < -0.3 is 39.6 Å². The van der Waals surface area contributed by atoms with Gasteiger partial charge in [-0.3, -0.25) is 14.4 Å². The van der Waals surface area contributed by atoms with Gasteiger partial charge in [0.25, 0.3) is 5.91 Å². The van der Waals surface area contributed by atoms with Gasteiger partial charge in [0.15, 0.2) is 11.5 Å². The van der Waals surface area contributed by atoms with E-state index >= 15 is 0 Å². The molecule has 1 fully saturated rings. The summed E-state index contributed by atoms with van der Waals surface area (Å²) in [7, 11) is 2.88. The van der Waals surface area contributed by atoms with Crippen LogP contribution >= 0.6 is 0 Å². The molecule has 12 heteroatoms. The van der Waals surface area contributed by atoms with Crippen molar-refractivity contribution in [3.8, 4) is 17.2 Å². The van der Waals surface area contributed by atoms with Gasteiger partial charge in [0.1, 0.15) is 31.6 Å². The molecule has 1 saturated carbocycles. The maximum Gasteiger partial charge on any atom is 0.329 e. The molecule has 1 aliphatic rings. The summed E-state index contributed by atoms with van der Waals surface area (Å²) >= 11 is 0. The first kappa shape index (κ1) is 41.4. The summed E-state index contributed by atoms with van der Waals surface area (Å²) in [5, 5.41) is 8.99. The van der Waals surface area contributed by atoms with Gasteiger partial charge in [-0.1, -0.05) is 105 Å². The first-order chi connectivity index (χ1) is 26.3. The Morgan fingerprint density at radius 1 is 0.833 bits per heavy atom. The van der Waals surface area contributed by atoms with Crippen LogP contribution in [0.4, 0.5) is 0 Å². The van der Waals surface area contributed by atoms with Gasteiger partial charge in [0.05, 0.1) is 38.8 Å². The molecule has 3 aromatic carbocycles. The molecule has 3 N–H and O–H groups in total. The van der Waals surface area contributed by atoms with E-state index in [1.54, 1.807) is 24.3 Å². The molecule has 12 nitrogen and oxygen atoms in total. The number of hydrogen-bond acceptors (Lipinski definition) is 10. The SMILES string of the molecule is C=CCOC(=O)C[C@H](NC(=O)c1cc(OC)c(OC)cc1OC[C@@H](Cc1ccccc1)NC(=O)CNCCC1CCCCC1)C(=O)OCc1ccccc1. The van der Waals surface area contributed by atoms with Crippen molar-refractivity contribution in [2.75, 3.05) is 40.5 Å². The molecule has 2 amide bonds. The predicted octanol–water partition coefficient (Wildman–Crippen LogP) is 5.33. The Kier molecular flexibility index (Phi) is 17.4. The number of amides is 2. The Labute approximate surface area is 317 Å². The highest BCUT2D eigenvalue weighted by molar-refractivity contribution is 6.00.